The minimum absolute atomic E-state index is 0.368. The van der Waals surface area contributed by atoms with Gasteiger partial charge in [-0.25, -0.2) is 4.79 Å². The molecular weight excluding hydrogens is 218 g/mol. The summed E-state index contributed by atoms with van der Waals surface area (Å²) >= 11 is 0. The highest BCUT2D eigenvalue weighted by Crippen LogP contribution is 2.16. The van der Waals surface area contributed by atoms with E-state index in [1.807, 2.05) is 12.1 Å². The number of hydrogen-bond donors (Lipinski definition) is 0. The lowest BCUT2D eigenvalue weighted by atomic mass is 10.2. The third-order valence-electron chi connectivity index (χ3n) is 2.40. The average Bonchev–Trinajstić information content (AvgIpc) is 2.63. The highest BCUT2D eigenvalue weighted by atomic mass is 16.5. The normalized spacial score (nSPS) is 11.1. The van der Waals surface area contributed by atoms with Crippen LogP contribution in [0.1, 0.15) is 5.56 Å². The summed E-state index contributed by atoms with van der Waals surface area (Å²) in [5.41, 5.74) is 2.25. The van der Waals surface area contributed by atoms with Gasteiger partial charge in [0.1, 0.15) is 0 Å². The third kappa shape index (κ3) is 2.15. The summed E-state index contributed by atoms with van der Waals surface area (Å²) in [5, 5.41) is 0. The van der Waals surface area contributed by atoms with E-state index in [1.165, 1.54) is 4.57 Å². The van der Waals surface area contributed by atoms with Gasteiger partial charge in [-0.2, -0.15) is 0 Å². The van der Waals surface area contributed by atoms with Gasteiger partial charge < -0.3 is 9.15 Å². The SMILES string of the molecule is C=CCn1c(=O)oc2cc(/C=C/OC)ccc21. The summed E-state index contributed by atoms with van der Waals surface area (Å²) in [6.45, 7) is 4.06. The Labute approximate surface area is 98.4 Å². The van der Waals surface area contributed by atoms with Crippen LogP contribution in [0.15, 0.2) is 46.3 Å². The van der Waals surface area contributed by atoms with Crippen LogP contribution in [0.3, 0.4) is 0 Å². The number of ether oxygens (including phenoxy) is 1. The summed E-state index contributed by atoms with van der Waals surface area (Å²) in [5.74, 6) is -0.368. The van der Waals surface area contributed by atoms with Crippen LogP contribution in [0, 0.1) is 0 Å². The quantitative estimate of drug-likeness (QED) is 0.599. The molecule has 0 aliphatic heterocycles. The van der Waals surface area contributed by atoms with Gasteiger partial charge in [-0.3, -0.25) is 4.57 Å². The number of aromatic nitrogens is 1. The molecule has 0 bridgehead atoms. The molecule has 1 aromatic carbocycles. The Balaban J connectivity index is 2.53. The number of rotatable bonds is 4. The van der Waals surface area contributed by atoms with Crippen molar-refractivity contribution in [2.75, 3.05) is 7.11 Å². The second-order valence-corrected chi connectivity index (χ2v) is 3.53. The fraction of sp³-hybridized carbons (Fsp3) is 0.154. The van der Waals surface area contributed by atoms with E-state index < -0.39 is 0 Å². The lowest BCUT2D eigenvalue weighted by Gasteiger charge is -1.97. The number of allylic oxidation sites excluding steroid dienone is 1. The molecule has 1 heterocycles. The van der Waals surface area contributed by atoms with Gasteiger partial charge in [0.25, 0.3) is 0 Å². The first-order valence-electron chi connectivity index (χ1n) is 5.20. The lowest BCUT2D eigenvalue weighted by molar-refractivity contribution is 0.341. The molecule has 4 nitrogen and oxygen atoms in total. The molecule has 1 aromatic heterocycles. The zero-order valence-corrected chi connectivity index (χ0v) is 9.55. The van der Waals surface area contributed by atoms with Crippen LogP contribution in [-0.4, -0.2) is 11.7 Å². The standard InChI is InChI=1S/C13H13NO3/c1-3-7-14-11-5-4-10(6-8-16-2)9-12(11)17-13(14)15/h3-6,8-9H,1,7H2,2H3/b8-6+. The van der Waals surface area contributed by atoms with E-state index in [0.717, 1.165) is 11.1 Å². The Morgan fingerprint density at radius 1 is 1.53 bits per heavy atom. The molecule has 0 radical (unpaired) electrons. The maximum atomic E-state index is 11.6. The lowest BCUT2D eigenvalue weighted by Crippen LogP contribution is -2.12. The van der Waals surface area contributed by atoms with Crippen molar-refractivity contribution in [2.24, 2.45) is 0 Å². The molecule has 0 aliphatic rings. The van der Waals surface area contributed by atoms with E-state index in [-0.39, 0.29) is 5.76 Å². The van der Waals surface area contributed by atoms with Crippen LogP contribution in [0.25, 0.3) is 17.2 Å². The minimum Gasteiger partial charge on any atom is -0.504 e. The fourth-order valence-electron chi connectivity index (χ4n) is 1.64. The van der Waals surface area contributed by atoms with Gasteiger partial charge in [0.2, 0.25) is 0 Å². The molecule has 0 fully saturated rings. The van der Waals surface area contributed by atoms with Crippen molar-refractivity contribution in [3.05, 3.63) is 53.2 Å². The maximum absolute atomic E-state index is 11.6. The predicted octanol–water partition coefficient (Wildman–Crippen LogP) is 2.40. The van der Waals surface area contributed by atoms with E-state index in [4.69, 9.17) is 9.15 Å². The topological polar surface area (TPSA) is 44.4 Å². The molecule has 0 saturated carbocycles. The first kappa shape index (κ1) is 11.3. The molecule has 0 N–H and O–H groups in total. The Morgan fingerprint density at radius 2 is 2.35 bits per heavy atom. The molecule has 88 valence electrons. The number of fused-ring (bicyclic) bond motifs is 1. The first-order chi connectivity index (χ1) is 8.26. The molecular formula is C13H13NO3. The van der Waals surface area contributed by atoms with Crippen LogP contribution in [0.4, 0.5) is 0 Å². The molecule has 0 aliphatic carbocycles. The average molecular weight is 231 g/mol. The van der Waals surface area contributed by atoms with E-state index in [2.05, 4.69) is 6.58 Å². The zero-order valence-electron chi connectivity index (χ0n) is 9.55. The van der Waals surface area contributed by atoms with Crippen molar-refractivity contribution in [3.8, 4) is 0 Å². The molecule has 0 unspecified atom stereocenters. The molecule has 0 amide bonds. The van der Waals surface area contributed by atoms with E-state index in [9.17, 15) is 4.79 Å². The maximum Gasteiger partial charge on any atom is 0.420 e. The van der Waals surface area contributed by atoms with E-state index >= 15 is 0 Å². The number of nitrogens with zero attached hydrogens (tertiary/aromatic N) is 1. The minimum atomic E-state index is -0.368. The van der Waals surface area contributed by atoms with Gasteiger partial charge in [-0.15, -0.1) is 6.58 Å². The fourth-order valence-corrected chi connectivity index (χ4v) is 1.64. The van der Waals surface area contributed by atoms with Crippen molar-refractivity contribution >= 4 is 17.2 Å². The highest BCUT2D eigenvalue weighted by molar-refractivity contribution is 5.76. The number of benzene rings is 1. The Kier molecular flexibility index (Phi) is 3.14. The smallest absolute Gasteiger partial charge is 0.420 e. The van der Waals surface area contributed by atoms with Crippen molar-refractivity contribution in [1.29, 1.82) is 0 Å². The monoisotopic (exact) mass is 231 g/mol. The Morgan fingerprint density at radius 3 is 3.06 bits per heavy atom. The van der Waals surface area contributed by atoms with Crippen LogP contribution in [0.5, 0.6) is 0 Å². The number of hydrogen-bond acceptors (Lipinski definition) is 3. The summed E-state index contributed by atoms with van der Waals surface area (Å²) in [6, 6.07) is 5.54. The summed E-state index contributed by atoms with van der Waals surface area (Å²) in [6.07, 6.45) is 5.03. The van der Waals surface area contributed by atoms with E-state index in [1.54, 1.807) is 31.6 Å². The first-order valence-corrected chi connectivity index (χ1v) is 5.20. The van der Waals surface area contributed by atoms with Crippen molar-refractivity contribution in [2.45, 2.75) is 6.54 Å². The zero-order chi connectivity index (χ0) is 12.3. The highest BCUT2D eigenvalue weighted by Gasteiger charge is 2.07. The van der Waals surface area contributed by atoms with E-state index in [0.29, 0.717) is 12.1 Å². The number of methoxy groups -OCH3 is 1. The third-order valence-corrected chi connectivity index (χ3v) is 2.40. The molecule has 17 heavy (non-hydrogen) atoms. The second kappa shape index (κ2) is 4.74. The van der Waals surface area contributed by atoms with Gasteiger partial charge in [0.15, 0.2) is 5.58 Å². The summed E-state index contributed by atoms with van der Waals surface area (Å²) < 4.78 is 11.5. The largest absolute Gasteiger partial charge is 0.504 e. The van der Waals surface area contributed by atoms with Crippen LogP contribution in [-0.2, 0) is 11.3 Å². The van der Waals surface area contributed by atoms with Crippen LogP contribution >= 0.6 is 0 Å². The predicted molar refractivity (Wildman–Crippen MR) is 66.7 cm³/mol. The Hall–Kier alpha value is -2.23. The number of oxazole rings is 1. The van der Waals surface area contributed by atoms with Crippen LogP contribution in [0.2, 0.25) is 0 Å². The van der Waals surface area contributed by atoms with Crippen LogP contribution < -0.4 is 5.76 Å². The van der Waals surface area contributed by atoms with Crippen molar-refractivity contribution in [1.82, 2.24) is 4.57 Å². The Bertz CT molecular complexity index is 619. The molecule has 0 spiro atoms. The van der Waals surface area contributed by atoms with Crippen molar-refractivity contribution < 1.29 is 9.15 Å². The molecule has 4 heteroatoms. The molecule has 2 aromatic rings. The van der Waals surface area contributed by atoms with Gasteiger partial charge in [0.05, 0.1) is 18.9 Å². The van der Waals surface area contributed by atoms with Gasteiger partial charge in [-0.1, -0.05) is 12.1 Å². The second-order valence-electron chi connectivity index (χ2n) is 3.53. The molecule has 2 rings (SSSR count). The van der Waals surface area contributed by atoms with Gasteiger partial charge in [-0.05, 0) is 23.8 Å². The summed E-state index contributed by atoms with van der Waals surface area (Å²) in [7, 11) is 1.58. The molecule has 0 saturated heterocycles. The van der Waals surface area contributed by atoms with Gasteiger partial charge in [0, 0.05) is 6.54 Å². The van der Waals surface area contributed by atoms with Gasteiger partial charge >= 0.3 is 5.76 Å². The van der Waals surface area contributed by atoms with Crippen molar-refractivity contribution in [3.63, 3.8) is 0 Å². The summed E-state index contributed by atoms with van der Waals surface area (Å²) in [4.78, 5) is 11.6. The molecule has 0 atom stereocenters.